The summed E-state index contributed by atoms with van der Waals surface area (Å²) in [4.78, 5) is 15.1. The van der Waals surface area contributed by atoms with E-state index in [1.54, 1.807) is 0 Å². The molecule has 1 aliphatic carbocycles. The first kappa shape index (κ1) is 14.4. The van der Waals surface area contributed by atoms with Gasteiger partial charge in [0.05, 0.1) is 5.41 Å². The number of carbonyl (C=O) groups excluding carboxylic acids is 1. The van der Waals surface area contributed by atoms with E-state index < -0.39 is 5.41 Å². The molecule has 0 amide bonds. The van der Waals surface area contributed by atoms with Crippen molar-refractivity contribution in [1.29, 1.82) is 5.39 Å². The smallest absolute Gasteiger partial charge is 0.388 e. The Morgan fingerprint density at radius 1 is 1.39 bits per heavy atom. The van der Waals surface area contributed by atoms with E-state index in [1.807, 2.05) is 6.08 Å². The van der Waals surface area contributed by atoms with Gasteiger partial charge in [0.15, 0.2) is 10.7 Å². The molecule has 0 unspecified atom stereocenters. The highest BCUT2D eigenvalue weighted by molar-refractivity contribution is 5.87. The van der Waals surface area contributed by atoms with E-state index in [2.05, 4.69) is 11.6 Å². The molecule has 1 saturated carbocycles. The molecule has 0 aliphatic heterocycles. The third-order valence-electron chi connectivity index (χ3n) is 3.72. The molecule has 18 heavy (non-hydrogen) atoms. The normalized spacial score (nSPS) is 18.3. The van der Waals surface area contributed by atoms with Crippen LogP contribution in [-0.4, -0.2) is 10.9 Å². The van der Waals surface area contributed by atoms with Gasteiger partial charge < -0.3 is 5.11 Å². The fourth-order valence-corrected chi connectivity index (χ4v) is 2.65. The molecule has 1 fully saturated rings. The summed E-state index contributed by atoms with van der Waals surface area (Å²) >= 11 is 0. The van der Waals surface area contributed by atoms with Crippen molar-refractivity contribution in [2.24, 2.45) is 5.41 Å². The highest BCUT2D eigenvalue weighted by atomic mass is 16.3. The number of aliphatic hydroxyl groups is 1. The van der Waals surface area contributed by atoms with E-state index >= 15 is 0 Å². The van der Waals surface area contributed by atoms with E-state index in [0.717, 1.165) is 38.3 Å². The fraction of sp³-hybridized carbons (Fsp3) is 0.643. The van der Waals surface area contributed by atoms with Gasteiger partial charge in [-0.3, -0.25) is 4.79 Å². The molecule has 0 aromatic carbocycles. The summed E-state index contributed by atoms with van der Waals surface area (Å²) in [5.41, 5.74) is -0.791. The number of diazo groups is 1. The van der Waals surface area contributed by atoms with Gasteiger partial charge in [-0.05, 0) is 32.1 Å². The van der Waals surface area contributed by atoms with Crippen LogP contribution in [0, 0.1) is 10.8 Å². The molecule has 98 valence electrons. The van der Waals surface area contributed by atoms with Gasteiger partial charge in [-0.2, -0.15) is 0 Å². The Morgan fingerprint density at radius 2 is 2.06 bits per heavy atom. The Labute approximate surface area is 108 Å². The molecule has 0 atom stereocenters. The highest BCUT2D eigenvalue weighted by Gasteiger charge is 2.45. The van der Waals surface area contributed by atoms with Crippen molar-refractivity contribution in [3.8, 4) is 0 Å². The van der Waals surface area contributed by atoms with Crippen molar-refractivity contribution < 1.29 is 9.90 Å². The monoisotopic (exact) mass is 249 g/mol. The number of hydrogen-bond donors (Lipinski definition) is 1. The lowest BCUT2D eigenvalue weighted by atomic mass is 9.78. The van der Waals surface area contributed by atoms with Gasteiger partial charge in [0.1, 0.15) is 5.78 Å². The zero-order valence-electron chi connectivity index (χ0n) is 10.8. The van der Waals surface area contributed by atoms with Crippen LogP contribution >= 0.6 is 0 Å². The predicted molar refractivity (Wildman–Crippen MR) is 70.4 cm³/mol. The molecule has 0 aromatic heterocycles. The Hall–Kier alpha value is -1.63. The molecule has 1 aliphatic rings. The average molecular weight is 249 g/mol. The van der Waals surface area contributed by atoms with Crippen LogP contribution in [-0.2, 0) is 4.79 Å². The number of nitrogens with zero attached hydrogens (tertiary/aromatic N) is 2. The van der Waals surface area contributed by atoms with Crippen LogP contribution in [0.15, 0.2) is 24.6 Å². The number of ketones is 1. The minimum absolute atomic E-state index is 0.0708. The minimum Gasteiger partial charge on any atom is -0.505 e. The third kappa shape index (κ3) is 3.19. The lowest BCUT2D eigenvalue weighted by Crippen LogP contribution is -2.30. The summed E-state index contributed by atoms with van der Waals surface area (Å²) in [5, 5.41) is 18.4. The zero-order chi connectivity index (χ0) is 13.4. The molecule has 1 rings (SSSR count). The second-order valence-corrected chi connectivity index (χ2v) is 4.88. The van der Waals surface area contributed by atoms with Gasteiger partial charge in [-0.15, -0.1) is 6.58 Å². The zero-order valence-corrected chi connectivity index (χ0v) is 10.8. The number of carbonyl (C=O) groups is 1. The minimum atomic E-state index is -0.791. The molecule has 0 saturated heterocycles. The topological polar surface area (TPSA) is 65.4 Å². The largest absolute Gasteiger partial charge is 0.505 e. The molecule has 0 heterocycles. The van der Waals surface area contributed by atoms with Crippen LogP contribution in [0.5, 0.6) is 0 Å². The number of Topliss-reactive ketones (excluding diaryl/α,β-unsaturated/α-hetero) is 1. The van der Waals surface area contributed by atoms with E-state index in [1.165, 1.54) is 0 Å². The van der Waals surface area contributed by atoms with E-state index in [4.69, 9.17) is 5.39 Å². The second-order valence-electron chi connectivity index (χ2n) is 4.88. The number of allylic oxidation sites excluding steroid dienone is 2. The van der Waals surface area contributed by atoms with Crippen LogP contribution in [0.4, 0.5) is 0 Å². The van der Waals surface area contributed by atoms with Crippen LogP contribution in [0.1, 0.15) is 51.4 Å². The molecular formula is C14H21N2O2+. The summed E-state index contributed by atoms with van der Waals surface area (Å²) in [5.74, 6) is -0.0160. The quantitative estimate of drug-likeness (QED) is 0.319. The van der Waals surface area contributed by atoms with Crippen LogP contribution in [0.25, 0.3) is 4.98 Å². The molecular weight excluding hydrogens is 228 g/mol. The summed E-state index contributed by atoms with van der Waals surface area (Å²) < 4.78 is 0. The molecule has 1 N–H and O–H groups in total. The highest BCUT2D eigenvalue weighted by Crippen LogP contribution is 2.45. The number of rotatable bonds is 7. The van der Waals surface area contributed by atoms with Gasteiger partial charge in [0.25, 0.3) is 0 Å². The first-order valence-electron chi connectivity index (χ1n) is 6.55. The molecule has 0 bridgehead atoms. The molecule has 0 spiro atoms. The standard InChI is InChI=1S/C14H20N2O2/c1-2-3-4-5-8-12(17)14(9-6-7-10-14)13(18)11-16-15/h2,11H,1,3-10H2/p+1/b13-11-. The van der Waals surface area contributed by atoms with Gasteiger partial charge in [-0.25, -0.2) is 0 Å². The molecule has 0 radical (unpaired) electrons. The van der Waals surface area contributed by atoms with E-state index in [-0.39, 0.29) is 11.5 Å². The fourth-order valence-electron chi connectivity index (χ4n) is 2.65. The Balaban J connectivity index is 2.67. The molecule has 4 heteroatoms. The van der Waals surface area contributed by atoms with Gasteiger partial charge in [-0.1, -0.05) is 18.9 Å². The van der Waals surface area contributed by atoms with Crippen LogP contribution in [0.2, 0.25) is 0 Å². The van der Waals surface area contributed by atoms with Crippen LogP contribution < -0.4 is 0 Å². The summed E-state index contributed by atoms with van der Waals surface area (Å²) in [7, 11) is 0. The third-order valence-corrected chi connectivity index (χ3v) is 3.72. The van der Waals surface area contributed by atoms with E-state index in [0.29, 0.717) is 19.3 Å². The predicted octanol–water partition coefficient (Wildman–Crippen LogP) is 4.11. The average Bonchev–Trinajstić information content (AvgIpc) is 2.85. The Bertz CT molecular complexity index is 374. The Morgan fingerprint density at radius 3 is 2.61 bits per heavy atom. The van der Waals surface area contributed by atoms with Gasteiger partial charge >= 0.3 is 6.20 Å². The van der Waals surface area contributed by atoms with Crippen molar-refractivity contribution in [1.82, 2.24) is 0 Å². The number of aliphatic hydroxyl groups excluding tert-OH is 1. The number of hydrogen-bond acceptors (Lipinski definition) is 3. The van der Waals surface area contributed by atoms with Crippen molar-refractivity contribution in [3.63, 3.8) is 0 Å². The Kier molecular flexibility index (Phi) is 5.57. The molecule has 4 nitrogen and oxygen atoms in total. The lowest BCUT2D eigenvalue weighted by molar-refractivity contribution is -0.128. The maximum Gasteiger partial charge on any atom is 0.388 e. The SMILES string of the molecule is C=CCCCCC(=O)C1(/C(O)=C/[N+]#N)CCCC1. The molecule has 0 aromatic rings. The summed E-state index contributed by atoms with van der Waals surface area (Å²) in [6.45, 7) is 3.65. The number of unbranched alkanes of at least 4 members (excludes halogenated alkanes) is 2. The summed E-state index contributed by atoms with van der Waals surface area (Å²) in [6, 6.07) is 0. The maximum atomic E-state index is 12.3. The summed E-state index contributed by atoms with van der Waals surface area (Å²) in [6.07, 6.45) is 9.16. The van der Waals surface area contributed by atoms with Crippen molar-refractivity contribution in [3.05, 3.63) is 29.6 Å². The van der Waals surface area contributed by atoms with Gasteiger partial charge in [0.2, 0.25) is 5.39 Å². The second kappa shape index (κ2) is 6.95. The van der Waals surface area contributed by atoms with Crippen molar-refractivity contribution in [2.75, 3.05) is 0 Å². The van der Waals surface area contributed by atoms with Gasteiger partial charge in [0, 0.05) is 6.42 Å². The van der Waals surface area contributed by atoms with Crippen LogP contribution in [0.3, 0.4) is 0 Å². The van der Waals surface area contributed by atoms with E-state index in [9.17, 15) is 9.90 Å². The lowest BCUT2D eigenvalue weighted by Gasteiger charge is -2.24. The van der Waals surface area contributed by atoms with Crippen molar-refractivity contribution >= 4 is 5.78 Å². The maximum absolute atomic E-state index is 12.3. The first-order valence-corrected chi connectivity index (χ1v) is 6.55. The van der Waals surface area contributed by atoms with Crippen molar-refractivity contribution in [2.45, 2.75) is 51.4 Å². The first-order chi connectivity index (χ1) is 8.67.